The summed E-state index contributed by atoms with van der Waals surface area (Å²) in [6.07, 6.45) is 2.55. The lowest BCUT2D eigenvalue weighted by atomic mass is 10.1. The Morgan fingerprint density at radius 2 is 2.00 bits per heavy atom. The Labute approximate surface area is 98.5 Å². The Bertz CT molecular complexity index is 675. The van der Waals surface area contributed by atoms with Crippen LogP contribution in [0.2, 0.25) is 0 Å². The van der Waals surface area contributed by atoms with Gasteiger partial charge in [-0.05, 0) is 18.2 Å². The summed E-state index contributed by atoms with van der Waals surface area (Å²) in [5, 5.41) is 0.621. The molecule has 0 aliphatic heterocycles. The molecule has 1 aromatic heterocycles. The largest absolute Gasteiger partial charge is 0.268 e. The highest BCUT2D eigenvalue weighted by Gasteiger charge is 2.13. The summed E-state index contributed by atoms with van der Waals surface area (Å²) >= 11 is 0. The van der Waals surface area contributed by atoms with Crippen LogP contribution >= 0.6 is 0 Å². The molecule has 1 aromatic carbocycles. The second-order valence-corrected chi connectivity index (χ2v) is 5.33. The maximum absolute atomic E-state index is 11.8. The van der Waals surface area contributed by atoms with E-state index in [9.17, 15) is 13.2 Å². The van der Waals surface area contributed by atoms with Crippen LogP contribution in [0.3, 0.4) is 0 Å². The molecule has 6 heteroatoms. The summed E-state index contributed by atoms with van der Waals surface area (Å²) in [4.78, 5) is 15.8. The summed E-state index contributed by atoms with van der Waals surface area (Å²) in [6.45, 7) is 0. The Balaban J connectivity index is 2.52. The summed E-state index contributed by atoms with van der Waals surface area (Å²) in [6, 6.07) is 8.39. The summed E-state index contributed by atoms with van der Waals surface area (Å²) in [5.74, 6) is -0.647. The van der Waals surface area contributed by atoms with Gasteiger partial charge in [-0.2, -0.15) is 0 Å². The average Bonchev–Trinajstić information content (AvgIpc) is 2.26. The van der Waals surface area contributed by atoms with Crippen molar-refractivity contribution in [2.75, 3.05) is 6.26 Å². The van der Waals surface area contributed by atoms with Crippen LogP contribution in [0.25, 0.3) is 10.9 Å². The van der Waals surface area contributed by atoms with Gasteiger partial charge in [0.2, 0.25) is 10.0 Å². The molecule has 0 fully saturated rings. The number of carbonyl (C=O) groups excluding carboxylic acids is 1. The molecular formula is C11H10N2O3S. The van der Waals surface area contributed by atoms with Crippen molar-refractivity contribution in [3.63, 3.8) is 0 Å². The predicted molar refractivity (Wildman–Crippen MR) is 64.1 cm³/mol. The molecular weight excluding hydrogens is 240 g/mol. The molecule has 1 heterocycles. The number of sulfonamides is 1. The van der Waals surface area contributed by atoms with E-state index in [-0.39, 0.29) is 0 Å². The number of carbonyl (C=O) groups is 1. The lowest BCUT2D eigenvalue weighted by Crippen LogP contribution is -2.29. The van der Waals surface area contributed by atoms with Crippen LogP contribution in [0.4, 0.5) is 0 Å². The van der Waals surface area contributed by atoms with E-state index in [1.54, 1.807) is 36.5 Å². The number of hydrogen-bond acceptors (Lipinski definition) is 4. The summed E-state index contributed by atoms with van der Waals surface area (Å²) < 4.78 is 23.9. The van der Waals surface area contributed by atoms with Crippen molar-refractivity contribution in [3.8, 4) is 0 Å². The van der Waals surface area contributed by atoms with Crippen molar-refractivity contribution in [3.05, 3.63) is 42.1 Å². The van der Waals surface area contributed by atoms with E-state index in [1.165, 1.54) is 0 Å². The molecule has 0 radical (unpaired) electrons. The molecule has 1 amide bonds. The minimum atomic E-state index is -3.56. The molecule has 0 saturated carbocycles. The highest BCUT2D eigenvalue weighted by Crippen LogP contribution is 2.16. The number of hydrogen-bond donors (Lipinski definition) is 1. The number of amides is 1. The Morgan fingerprint density at radius 1 is 1.24 bits per heavy atom. The van der Waals surface area contributed by atoms with Gasteiger partial charge in [0, 0.05) is 17.1 Å². The minimum Gasteiger partial charge on any atom is -0.268 e. The molecule has 5 nitrogen and oxygen atoms in total. The highest BCUT2D eigenvalue weighted by molar-refractivity contribution is 7.89. The maximum Gasteiger partial charge on any atom is 0.265 e. The molecule has 0 spiro atoms. The minimum absolute atomic E-state index is 0.293. The van der Waals surface area contributed by atoms with Gasteiger partial charge in [0.25, 0.3) is 5.91 Å². The molecule has 0 unspecified atom stereocenters. The SMILES string of the molecule is CS(=O)(=O)NC(=O)c1cccc2ncccc12. The van der Waals surface area contributed by atoms with Gasteiger partial charge in [0.1, 0.15) is 0 Å². The fourth-order valence-corrected chi connectivity index (χ4v) is 1.97. The first-order valence-corrected chi connectivity index (χ1v) is 6.72. The van der Waals surface area contributed by atoms with E-state index in [4.69, 9.17) is 0 Å². The lowest BCUT2D eigenvalue weighted by molar-refractivity contribution is 0.0983. The number of nitrogens with one attached hydrogen (secondary N) is 1. The number of benzene rings is 1. The van der Waals surface area contributed by atoms with Crippen LogP contribution in [0, 0.1) is 0 Å². The van der Waals surface area contributed by atoms with Gasteiger partial charge >= 0.3 is 0 Å². The van der Waals surface area contributed by atoms with Crippen LogP contribution in [0.5, 0.6) is 0 Å². The molecule has 2 aromatic rings. The number of aromatic nitrogens is 1. The fraction of sp³-hybridized carbons (Fsp3) is 0.0909. The zero-order valence-electron chi connectivity index (χ0n) is 9.04. The molecule has 0 aliphatic carbocycles. The fourth-order valence-electron chi connectivity index (χ4n) is 1.52. The number of nitrogens with zero attached hydrogens (tertiary/aromatic N) is 1. The number of rotatable bonds is 2. The van der Waals surface area contributed by atoms with E-state index in [1.807, 2.05) is 4.72 Å². The monoisotopic (exact) mass is 250 g/mol. The molecule has 88 valence electrons. The van der Waals surface area contributed by atoms with Gasteiger partial charge < -0.3 is 0 Å². The first-order chi connectivity index (χ1) is 7.97. The van der Waals surface area contributed by atoms with Crippen molar-refractivity contribution in [2.45, 2.75) is 0 Å². The summed E-state index contributed by atoms with van der Waals surface area (Å²) in [7, 11) is -3.56. The normalized spacial score (nSPS) is 11.4. The van der Waals surface area contributed by atoms with Gasteiger partial charge in [-0.3, -0.25) is 9.78 Å². The second-order valence-electron chi connectivity index (χ2n) is 3.58. The van der Waals surface area contributed by atoms with E-state index in [0.29, 0.717) is 16.5 Å². The Hall–Kier alpha value is -1.95. The third kappa shape index (κ3) is 2.59. The number of pyridine rings is 1. The van der Waals surface area contributed by atoms with Crippen molar-refractivity contribution < 1.29 is 13.2 Å². The smallest absolute Gasteiger partial charge is 0.265 e. The van der Waals surface area contributed by atoms with Gasteiger partial charge in [-0.1, -0.05) is 12.1 Å². The lowest BCUT2D eigenvalue weighted by Gasteiger charge is -2.05. The molecule has 0 aliphatic rings. The zero-order chi connectivity index (χ0) is 12.5. The zero-order valence-corrected chi connectivity index (χ0v) is 9.86. The van der Waals surface area contributed by atoms with Crippen molar-refractivity contribution in [2.24, 2.45) is 0 Å². The topological polar surface area (TPSA) is 76.1 Å². The quantitative estimate of drug-likeness (QED) is 0.860. The Morgan fingerprint density at radius 3 is 2.71 bits per heavy atom. The molecule has 17 heavy (non-hydrogen) atoms. The maximum atomic E-state index is 11.8. The molecule has 1 N–H and O–H groups in total. The summed E-state index contributed by atoms with van der Waals surface area (Å²) in [5.41, 5.74) is 0.940. The van der Waals surface area contributed by atoms with Crippen LogP contribution in [-0.4, -0.2) is 25.6 Å². The third-order valence-electron chi connectivity index (χ3n) is 2.17. The van der Waals surface area contributed by atoms with E-state index in [0.717, 1.165) is 6.26 Å². The van der Waals surface area contributed by atoms with Crippen molar-refractivity contribution in [1.82, 2.24) is 9.71 Å². The predicted octanol–water partition coefficient (Wildman–Crippen LogP) is 0.924. The molecule has 0 bridgehead atoms. The Kier molecular flexibility index (Phi) is 2.81. The van der Waals surface area contributed by atoms with E-state index in [2.05, 4.69) is 4.98 Å². The van der Waals surface area contributed by atoms with Crippen molar-refractivity contribution in [1.29, 1.82) is 0 Å². The van der Waals surface area contributed by atoms with Crippen LogP contribution < -0.4 is 4.72 Å². The van der Waals surface area contributed by atoms with Gasteiger partial charge in [0.15, 0.2) is 0 Å². The molecule has 2 rings (SSSR count). The van der Waals surface area contributed by atoms with Crippen molar-refractivity contribution >= 4 is 26.8 Å². The van der Waals surface area contributed by atoms with Crippen LogP contribution in [-0.2, 0) is 10.0 Å². The van der Waals surface area contributed by atoms with Gasteiger partial charge in [-0.25, -0.2) is 13.1 Å². The van der Waals surface area contributed by atoms with Gasteiger partial charge in [0.05, 0.1) is 11.8 Å². The standard InChI is InChI=1S/C11H10N2O3S/c1-17(15,16)13-11(14)9-4-2-6-10-8(9)5-3-7-12-10/h2-7H,1H3,(H,13,14). The van der Waals surface area contributed by atoms with E-state index >= 15 is 0 Å². The first-order valence-electron chi connectivity index (χ1n) is 4.83. The molecule has 0 saturated heterocycles. The van der Waals surface area contributed by atoms with Crippen LogP contribution in [0.15, 0.2) is 36.5 Å². The van der Waals surface area contributed by atoms with Gasteiger partial charge in [-0.15, -0.1) is 0 Å². The highest BCUT2D eigenvalue weighted by atomic mass is 32.2. The first kappa shape index (κ1) is 11.5. The van der Waals surface area contributed by atoms with E-state index < -0.39 is 15.9 Å². The third-order valence-corrected chi connectivity index (χ3v) is 2.72. The van der Waals surface area contributed by atoms with Crippen LogP contribution in [0.1, 0.15) is 10.4 Å². The second kappa shape index (κ2) is 4.14. The molecule has 0 atom stereocenters. The number of fused-ring (bicyclic) bond motifs is 1. The average molecular weight is 250 g/mol.